The number of aromatic nitrogens is 3. The molecule has 1 atom stereocenters. The fourth-order valence-corrected chi connectivity index (χ4v) is 3.81. The van der Waals surface area contributed by atoms with Crippen LogP contribution in [0.25, 0.3) is 23.1 Å². The minimum absolute atomic E-state index is 0.549. The molecule has 0 saturated carbocycles. The van der Waals surface area contributed by atoms with Gasteiger partial charge in [-0.15, -0.1) is 10.2 Å². The van der Waals surface area contributed by atoms with Crippen LogP contribution in [0.3, 0.4) is 0 Å². The van der Waals surface area contributed by atoms with Crippen molar-refractivity contribution in [3.8, 4) is 11.4 Å². The zero-order chi connectivity index (χ0) is 16.0. The predicted octanol–water partition coefficient (Wildman–Crippen LogP) is 5.08. The van der Waals surface area contributed by atoms with Gasteiger partial charge in [-0.1, -0.05) is 38.1 Å². The van der Waals surface area contributed by atoms with E-state index in [9.17, 15) is 0 Å². The second-order valence-corrected chi connectivity index (χ2v) is 7.34. The van der Waals surface area contributed by atoms with Gasteiger partial charge in [0.05, 0.1) is 0 Å². The van der Waals surface area contributed by atoms with Gasteiger partial charge in [0.2, 0.25) is 0 Å². The van der Waals surface area contributed by atoms with Crippen LogP contribution in [0.15, 0.2) is 36.5 Å². The first-order valence-corrected chi connectivity index (χ1v) is 9.10. The molecule has 0 fully saturated rings. The van der Waals surface area contributed by atoms with E-state index in [2.05, 4.69) is 93.7 Å². The second-order valence-electron chi connectivity index (χ2n) is 6.10. The predicted molar refractivity (Wildman–Crippen MR) is 103 cm³/mol. The van der Waals surface area contributed by atoms with Crippen molar-refractivity contribution in [3.63, 3.8) is 0 Å². The Morgan fingerprint density at radius 1 is 1.22 bits per heavy atom. The summed E-state index contributed by atoms with van der Waals surface area (Å²) in [6.07, 6.45) is 8.84. The largest absolute Gasteiger partial charge is 0.282 e. The molecule has 0 bridgehead atoms. The molecule has 1 aliphatic rings. The molecule has 116 valence electrons. The molecule has 4 heteroatoms. The molecule has 0 N–H and O–H groups in total. The van der Waals surface area contributed by atoms with Gasteiger partial charge in [0, 0.05) is 20.9 Å². The Morgan fingerprint density at radius 2 is 2.00 bits per heavy atom. The number of hydrogen-bond donors (Lipinski definition) is 0. The van der Waals surface area contributed by atoms with Gasteiger partial charge >= 0.3 is 0 Å². The van der Waals surface area contributed by atoms with Crippen molar-refractivity contribution in [2.45, 2.75) is 32.6 Å². The standard InChI is InChI=1S/C19H18IN3/c1-3-13-11-23-18(14-7-9-15(20)10-8-14)21-22-19(23)16-6-4-5-12(2)17(13)16/h4,6-12H,3,5H2,1-2H3. The molecular weight excluding hydrogens is 397 g/mol. The average molecular weight is 415 g/mol. The lowest BCUT2D eigenvalue weighted by molar-refractivity contribution is 0.754. The van der Waals surface area contributed by atoms with Crippen molar-refractivity contribution >= 4 is 34.3 Å². The van der Waals surface area contributed by atoms with Crippen LogP contribution in [-0.2, 0) is 6.42 Å². The molecule has 1 unspecified atom stereocenters. The molecule has 3 nitrogen and oxygen atoms in total. The van der Waals surface area contributed by atoms with Crippen LogP contribution in [0.5, 0.6) is 0 Å². The number of hydrogen-bond acceptors (Lipinski definition) is 2. The number of pyridine rings is 1. The van der Waals surface area contributed by atoms with Gasteiger partial charge in [0.1, 0.15) is 0 Å². The molecule has 0 radical (unpaired) electrons. The van der Waals surface area contributed by atoms with Gasteiger partial charge < -0.3 is 0 Å². The summed E-state index contributed by atoms with van der Waals surface area (Å²) in [5.74, 6) is 1.47. The molecule has 0 saturated heterocycles. The van der Waals surface area contributed by atoms with Crippen LogP contribution in [-0.4, -0.2) is 14.6 Å². The highest BCUT2D eigenvalue weighted by Gasteiger charge is 2.22. The van der Waals surface area contributed by atoms with E-state index in [4.69, 9.17) is 0 Å². The minimum atomic E-state index is 0.549. The van der Waals surface area contributed by atoms with Gasteiger partial charge in [0.15, 0.2) is 11.5 Å². The van der Waals surface area contributed by atoms with Crippen molar-refractivity contribution in [2.24, 2.45) is 0 Å². The lowest BCUT2D eigenvalue weighted by atomic mass is 9.85. The second kappa shape index (κ2) is 5.74. The summed E-state index contributed by atoms with van der Waals surface area (Å²) in [6.45, 7) is 4.52. The fraction of sp³-hybridized carbons (Fsp3) is 0.263. The number of nitrogens with zero attached hydrogens (tertiary/aromatic N) is 3. The van der Waals surface area contributed by atoms with Crippen LogP contribution in [0.1, 0.15) is 42.9 Å². The van der Waals surface area contributed by atoms with E-state index >= 15 is 0 Å². The minimum Gasteiger partial charge on any atom is -0.282 e. The Kier molecular flexibility index (Phi) is 3.71. The van der Waals surface area contributed by atoms with E-state index in [1.54, 1.807) is 0 Å². The van der Waals surface area contributed by atoms with Crippen LogP contribution < -0.4 is 0 Å². The zero-order valence-corrected chi connectivity index (χ0v) is 15.4. The average Bonchev–Trinajstić information content (AvgIpc) is 2.99. The highest BCUT2D eigenvalue weighted by Crippen LogP contribution is 2.35. The molecule has 1 aliphatic carbocycles. The Labute approximate surface area is 149 Å². The van der Waals surface area contributed by atoms with Crippen molar-refractivity contribution in [1.29, 1.82) is 0 Å². The number of allylic oxidation sites excluding steroid dienone is 1. The van der Waals surface area contributed by atoms with Crippen LogP contribution in [0.2, 0.25) is 0 Å². The monoisotopic (exact) mass is 415 g/mol. The number of aryl methyl sites for hydroxylation is 1. The topological polar surface area (TPSA) is 30.2 Å². The third-order valence-electron chi connectivity index (χ3n) is 4.61. The summed E-state index contributed by atoms with van der Waals surface area (Å²) in [4.78, 5) is 0. The van der Waals surface area contributed by atoms with Gasteiger partial charge in [-0.05, 0) is 64.6 Å². The van der Waals surface area contributed by atoms with E-state index < -0.39 is 0 Å². The smallest absolute Gasteiger partial charge is 0.168 e. The first-order valence-electron chi connectivity index (χ1n) is 8.02. The Bertz CT molecular complexity index is 907. The van der Waals surface area contributed by atoms with Crippen molar-refractivity contribution < 1.29 is 0 Å². The molecule has 2 heterocycles. The van der Waals surface area contributed by atoms with E-state index in [1.807, 2.05) is 0 Å². The molecule has 2 aromatic heterocycles. The lowest BCUT2D eigenvalue weighted by Crippen LogP contribution is -2.08. The Hall–Kier alpha value is -1.69. The molecular formula is C19H18IN3. The number of halogens is 1. The van der Waals surface area contributed by atoms with Gasteiger partial charge in [-0.3, -0.25) is 4.40 Å². The summed E-state index contributed by atoms with van der Waals surface area (Å²) in [7, 11) is 0. The van der Waals surface area contributed by atoms with Crippen molar-refractivity contribution in [2.75, 3.05) is 0 Å². The van der Waals surface area contributed by atoms with E-state index in [-0.39, 0.29) is 0 Å². The molecule has 1 aromatic carbocycles. The fourth-order valence-electron chi connectivity index (χ4n) is 3.45. The Balaban J connectivity index is 2.00. The normalized spacial score (nSPS) is 16.7. The molecule has 0 amide bonds. The number of benzene rings is 1. The van der Waals surface area contributed by atoms with Gasteiger partial charge in [-0.25, -0.2) is 0 Å². The molecule has 3 aromatic rings. The highest BCUT2D eigenvalue weighted by molar-refractivity contribution is 14.1. The number of fused-ring (bicyclic) bond motifs is 3. The summed E-state index contributed by atoms with van der Waals surface area (Å²) >= 11 is 2.32. The molecule has 4 rings (SSSR count). The summed E-state index contributed by atoms with van der Waals surface area (Å²) < 4.78 is 3.38. The quantitative estimate of drug-likeness (QED) is 0.547. The van der Waals surface area contributed by atoms with Crippen LogP contribution >= 0.6 is 22.6 Å². The maximum atomic E-state index is 4.50. The van der Waals surface area contributed by atoms with Gasteiger partial charge in [-0.2, -0.15) is 0 Å². The first-order chi connectivity index (χ1) is 11.2. The van der Waals surface area contributed by atoms with Gasteiger partial charge in [0.25, 0.3) is 0 Å². The zero-order valence-electron chi connectivity index (χ0n) is 13.3. The summed E-state index contributed by atoms with van der Waals surface area (Å²) in [6, 6.07) is 8.44. The molecule has 0 spiro atoms. The van der Waals surface area contributed by atoms with E-state index in [0.29, 0.717) is 5.92 Å². The summed E-state index contributed by atoms with van der Waals surface area (Å²) in [5.41, 5.74) is 6.16. The first kappa shape index (κ1) is 14.9. The maximum Gasteiger partial charge on any atom is 0.168 e. The van der Waals surface area contributed by atoms with E-state index in [0.717, 1.165) is 29.9 Å². The van der Waals surface area contributed by atoms with Crippen LogP contribution in [0.4, 0.5) is 0 Å². The molecule has 0 aliphatic heterocycles. The number of rotatable bonds is 2. The van der Waals surface area contributed by atoms with Crippen molar-refractivity contribution in [3.05, 3.63) is 56.8 Å². The molecule has 23 heavy (non-hydrogen) atoms. The van der Waals surface area contributed by atoms with E-state index in [1.165, 1.54) is 20.3 Å². The van der Waals surface area contributed by atoms with Crippen LogP contribution in [0, 0.1) is 3.57 Å². The third-order valence-corrected chi connectivity index (χ3v) is 5.33. The summed E-state index contributed by atoms with van der Waals surface area (Å²) in [5, 5.41) is 8.98. The van der Waals surface area contributed by atoms with Crippen molar-refractivity contribution in [1.82, 2.24) is 14.6 Å². The maximum absolute atomic E-state index is 4.50. The Morgan fingerprint density at radius 3 is 2.74 bits per heavy atom. The highest BCUT2D eigenvalue weighted by atomic mass is 127. The SMILES string of the molecule is CCc1cn2c(-c3ccc(I)cc3)nnc2c2c1C(C)CC=C2. The third kappa shape index (κ3) is 2.40. The lowest BCUT2D eigenvalue weighted by Gasteiger charge is -2.22.